The van der Waals surface area contributed by atoms with E-state index in [1.165, 1.54) is 12.3 Å². The van der Waals surface area contributed by atoms with E-state index in [2.05, 4.69) is 31.2 Å². The lowest BCUT2D eigenvalue weighted by Gasteiger charge is -2.09. The maximum absolute atomic E-state index is 13.5. The number of halogens is 2. The van der Waals surface area contributed by atoms with Crippen LogP contribution in [-0.2, 0) is 0 Å². The normalized spacial score (nSPS) is 10.3. The summed E-state index contributed by atoms with van der Waals surface area (Å²) in [4.78, 5) is 8.07. The minimum Gasteiger partial charge on any atom is -0.438 e. The maximum Gasteiger partial charge on any atom is 0.233 e. The number of nitrogens with one attached hydrogen (secondary N) is 1. The van der Waals surface area contributed by atoms with Crippen LogP contribution in [0.1, 0.15) is 0 Å². The average molecular weight is 360 g/mol. The highest BCUT2D eigenvalue weighted by atomic mass is 79.9. The minimum atomic E-state index is -0.403. The summed E-state index contributed by atoms with van der Waals surface area (Å²) in [7, 11) is 0. The van der Waals surface area contributed by atoms with E-state index in [-0.39, 0.29) is 5.82 Å². The van der Waals surface area contributed by atoms with Gasteiger partial charge in [-0.15, -0.1) is 0 Å². The lowest BCUT2D eigenvalue weighted by molar-refractivity contribution is 0.460. The van der Waals surface area contributed by atoms with Crippen molar-refractivity contribution in [1.29, 1.82) is 0 Å². The number of pyridine rings is 2. The highest BCUT2D eigenvalue weighted by Crippen LogP contribution is 2.28. The molecule has 0 aliphatic rings. The number of ether oxygens (including phenoxy) is 1. The maximum atomic E-state index is 13.5. The zero-order chi connectivity index (χ0) is 15.4. The predicted octanol–water partition coefficient (Wildman–Crippen LogP) is 4.91. The van der Waals surface area contributed by atoms with E-state index in [0.29, 0.717) is 17.3 Å². The molecule has 0 fully saturated rings. The Morgan fingerprint density at radius 1 is 0.955 bits per heavy atom. The number of aromatic nitrogens is 2. The molecule has 2 aromatic heterocycles. The Kier molecular flexibility index (Phi) is 4.29. The van der Waals surface area contributed by atoms with Crippen LogP contribution >= 0.6 is 15.9 Å². The first kappa shape index (κ1) is 14.5. The zero-order valence-electron chi connectivity index (χ0n) is 11.3. The quantitative estimate of drug-likeness (QED) is 0.718. The molecule has 6 heteroatoms. The molecule has 0 bridgehead atoms. The first-order valence-corrected chi connectivity index (χ1v) is 7.27. The fourth-order valence-electron chi connectivity index (χ4n) is 1.78. The number of hydrogen-bond acceptors (Lipinski definition) is 4. The summed E-state index contributed by atoms with van der Waals surface area (Å²) in [5, 5.41) is 2.91. The minimum absolute atomic E-state index is 0.184. The molecule has 0 aliphatic heterocycles. The van der Waals surface area contributed by atoms with Gasteiger partial charge in [-0.2, -0.15) is 0 Å². The van der Waals surface area contributed by atoms with Crippen LogP contribution in [0.15, 0.2) is 65.4 Å². The molecule has 0 spiro atoms. The van der Waals surface area contributed by atoms with E-state index >= 15 is 0 Å². The summed E-state index contributed by atoms with van der Waals surface area (Å²) in [5.41, 5.74) is 0.713. The summed E-state index contributed by atoms with van der Waals surface area (Å²) >= 11 is 3.37. The van der Waals surface area contributed by atoms with Gasteiger partial charge in [0.2, 0.25) is 5.88 Å². The number of anilines is 2. The molecule has 3 aromatic rings. The highest BCUT2D eigenvalue weighted by molar-refractivity contribution is 9.10. The summed E-state index contributed by atoms with van der Waals surface area (Å²) in [6.07, 6.45) is 3.18. The van der Waals surface area contributed by atoms with Gasteiger partial charge in [0.1, 0.15) is 5.75 Å². The van der Waals surface area contributed by atoms with Crippen LogP contribution < -0.4 is 10.1 Å². The van der Waals surface area contributed by atoms with E-state index in [1.54, 1.807) is 36.5 Å². The van der Waals surface area contributed by atoms with Crippen molar-refractivity contribution in [3.05, 3.63) is 71.2 Å². The molecule has 1 aromatic carbocycles. The third kappa shape index (κ3) is 3.40. The Labute approximate surface area is 135 Å². The molecule has 0 saturated carbocycles. The van der Waals surface area contributed by atoms with Gasteiger partial charge in [0.15, 0.2) is 11.6 Å². The SMILES string of the molecule is Fc1cccnc1Nc1ccc(Oc2ncccc2Br)cc1. The third-order valence-electron chi connectivity index (χ3n) is 2.81. The molecule has 4 nitrogen and oxygen atoms in total. The van der Waals surface area contributed by atoms with Gasteiger partial charge in [0.05, 0.1) is 4.47 Å². The Morgan fingerprint density at radius 3 is 2.41 bits per heavy atom. The summed E-state index contributed by atoms with van der Waals surface area (Å²) < 4.78 is 20.0. The van der Waals surface area contributed by atoms with Crippen molar-refractivity contribution in [3.8, 4) is 11.6 Å². The van der Waals surface area contributed by atoms with Crippen LogP contribution in [0.3, 0.4) is 0 Å². The van der Waals surface area contributed by atoms with Crippen LogP contribution in [-0.4, -0.2) is 9.97 Å². The van der Waals surface area contributed by atoms with Crippen LogP contribution in [0, 0.1) is 5.82 Å². The summed E-state index contributed by atoms with van der Waals surface area (Å²) in [6.45, 7) is 0. The third-order valence-corrected chi connectivity index (χ3v) is 3.42. The molecule has 0 atom stereocenters. The van der Waals surface area contributed by atoms with E-state index < -0.39 is 5.82 Å². The summed E-state index contributed by atoms with van der Waals surface area (Å²) in [5.74, 6) is 0.898. The van der Waals surface area contributed by atoms with E-state index in [1.807, 2.05) is 12.1 Å². The van der Waals surface area contributed by atoms with E-state index in [9.17, 15) is 4.39 Å². The molecule has 0 unspecified atom stereocenters. The van der Waals surface area contributed by atoms with Crippen molar-refractivity contribution in [2.24, 2.45) is 0 Å². The molecular weight excluding hydrogens is 349 g/mol. The second-order valence-corrected chi connectivity index (χ2v) is 5.23. The largest absolute Gasteiger partial charge is 0.438 e. The van der Waals surface area contributed by atoms with Crippen molar-refractivity contribution in [3.63, 3.8) is 0 Å². The summed E-state index contributed by atoms with van der Waals surface area (Å²) in [6, 6.07) is 13.6. The van der Waals surface area contributed by atoms with Gasteiger partial charge in [-0.05, 0) is 64.5 Å². The smallest absolute Gasteiger partial charge is 0.233 e. The molecule has 22 heavy (non-hydrogen) atoms. The molecule has 0 saturated heterocycles. The van der Waals surface area contributed by atoms with Gasteiger partial charge in [-0.3, -0.25) is 0 Å². The van der Waals surface area contributed by atoms with Gasteiger partial charge >= 0.3 is 0 Å². The Hall–Kier alpha value is -2.47. The number of benzene rings is 1. The lowest BCUT2D eigenvalue weighted by atomic mass is 10.3. The Bertz CT molecular complexity index is 714. The molecule has 3 rings (SSSR count). The molecule has 110 valence electrons. The number of hydrogen-bond donors (Lipinski definition) is 1. The molecule has 2 heterocycles. The highest BCUT2D eigenvalue weighted by Gasteiger charge is 2.05. The van der Waals surface area contributed by atoms with Gasteiger partial charge in [-0.1, -0.05) is 0 Å². The number of rotatable bonds is 4. The first-order valence-electron chi connectivity index (χ1n) is 6.48. The van der Waals surface area contributed by atoms with Crippen LogP contribution in [0.4, 0.5) is 15.9 Å². The first-order chi connectivity index (χ1) is 10.7. The zero-order valence-corrected chi connectivity index (χ0v) is 12.9. The Morgan fingerprint density at radius 2 is 1.68 bits per heavy atom. The molecule has 0 aliphatic carbocycles. The molecule has 0 radical (unpaired) electrons. The van der Waals surface area contributed by atoms with E-state index in [4.69, 9.17) is 4.74 Å². The van der Waals surface area contributed by atoms with E-state index in [0.717, 1.165) is 4.47 Å². The topological polar surface area (TPSA) is 47.0 Å². The van der Waals surface area contributed by atoms with Crippen molar-refractivity contribution in [2.45, 2.75) is 0 Å². The number of nitrogens with zero attached hydrogens (tertiary/aromatic N) is 2. The predicted molar refractivity (Wildman–Crippen MR) is 85.9 cm³/mol. The molecular formula is C16H11BrFN3O. The fraction of sp³-hybridized carbons (Fsp3) is 0. The monoisotopic (exact) mass is 359 g/mol. The standard InChI is InChI=1S/C16H11BrFN3O/c17-13-3-1-10-20-16(13)22-12-7-5-11(6-8-12)21-15-14(18)4-2-9-19-15/h1-10H,(H,19,21). The van der Waals surface area contributed by atoms with Crippen molar-refractivity contribution < 1.29 is 9.13 Å². The molecule has 0 amide bonds. The lowest BCUT2D eigenvalue weighted by Crippen LogP contribution is -1.96. The van der Waals surface area contributed by atoms with Crippen LogP contribution in [0.5, 0.6) is 11.6 Å². The van der Waals surface area contributed by atoms with Crippen LogP contribution in [0.2, 0.25) is 0 Å². The van der Waals surface area contributed by atoms with Gasteiger partial charge < -0.3 is 10.1 Å². The molecule has 1 N–H and O–H groups in total. The van der Waals surface area contributed by atoms with Crippen LogP contribution in [0.25, 0.3) is 0 Å². The Balaban J connectivity index is 1.73. The van der Waals surface area contributed by atoms with Crippen molar-refractivity contribution >= 4 is 27.4 Å². The average Bonchev–Trinajstić information content (AvgIpc) is 2.54. The van der Waals surface area contributed by atoms with Gasteiger partial charge in [-0.25, -0.2) is 14.4 Å². The van der Waals surface area contributed by atoms with Crippen molar-refractivity contribution in [1.82, 2.24) is 9.97 Å². The van der Waals surface area contributed by atoms with Crippen molar-refractivity contribution in [2.75, 3.05) is 5.32 Å². The second-order valence-electron chi connectivity index (χ2n) is 4.38. The fourth-order valence-corrected chi connectivity index (χ4v) is 2.11. The second kappa shape index (κ2) is 6.53. The van der Waals surface area contributed by atoms with Gasteiger partial charge in [0, 0.05) is 18.1 Å². The van der Waals surface area contributed by atoms with Gasteiger partial charge in [0.25, 0.3) is 0 Å².